The Morgan fingerprint density at radius 3 is 1.81 bits per heavy atom. The molecule has 0 spiro atoms. The van der Waals surface area contributed by atoms with Crippen molar-refractivity contribution >= 4 is 13.9 Å². The van der Waals surface area contributed by atoms with Crippen LogP contribution in [0.3, 0.4) is 0 Å². The van der Waals surface area contributed by atoms with E-state index in [2.05, 4.69) is 44.3 Å². The Bertz CT molecular complexity index is 758. The second-order valence-electron chi connectivity index (χ2n) is 8.80. The van der Waals surface area contributed by atoms with Crippen LogP contribution in [0.5, 0.6) is 0 Å². The molecule has 4 rings (SSSR count). The zero-order chi connectivity index (χ0) is 18.4. The van der Waals surface area contributed by atoms with E-state index in [0.29, 0.717) is 7.25 Å². The molecule has 0 amide bonds. The van der Waals surface area contributed by atoms with Gasteiger partial charge in [0, 0.05) is 0 Å². The van der Waals surface area contributed by atoms with Crippen molar-refractivity contribution in [3.8, 4) is 0 Å². The van der Waals surface area contributed by atoms with E-state index in [1.807, 2.05) is 0 Å². The molecule has 0 aromatic heterocycles. The average molecular weight is 468 g/mol. The van der Waals surface area contributed by atoms with Gasteiger partial charge in [-0.1, -0.05) is 0 Å². The van der Waals surface area contributed by atoms with Crippen molar-refractivity contribution in [2.75, 3.05) is 6.61 Å². The molecule has 0 aromatic rings. The molecule has 4 aliphatic carbocycles. The van der Waals surface area contributed by atoms with Crippen LogP contribution in [0, 0.1) is 0 Å². The number of rotatable bonds is 4. The standard InChI is InChI=1S/2C9H11.C2H5O.C2H6Si.ClH.Zr/c2*1-2-5-9-7-3-6-8(9)4-1;1-2-3;1-3-2;;/h2*3,6-7H,1-2,4-5H2;2H2,1H3;1-2H3;1H;/q;;-1;;;+2/p-1. The zero-order valence-electron chi connectivity index (χ0n) is 16.6. The Kier molecular flexibility index (Phi) is 5.50. The number of hydrogen-bond donors (Lipinski definition) is 0. The van der Waals surface area contributed by atoms with Gasteiger partial charge in [-0.15, -0.1) is 0 Å². The molecule has 2 atom stereocenters. The van der Waals surface area contributed by atoms with Crippen LogP contribution in [0.2, 0.25) is 20.3 Å². The van der Waals surface area contributed by atoms with Crippen molar-refractivity contribution in [2.24, 2.45) is 0 Å². The van der Waals surface area contributed by atoms with Gasteiger partial charge in [-0.3, -0.25) is 0 Å². The van der Waals surface area contributed by atoms with Gasteiger partial charge < -0.3 is 0 Å². The fraction of sp³-hybridized carbons (Fsp3) is 0.636. The van der Waals surface area contributed by atoms with Crippen LogP contribution >= 0.6 is 8.51 Å². The van der Waals surface area contributed by atoms with E-state index in [1.54, 1.807) is 22.3 Å². The van der Waals surface area contributed by atoms with E-state index in [1.165, 1.54) is 51.4 Å². The Hall–Kier alpha value is 0.310. The van der Waals surface area contributed by atoms with Gasteiger partial charge in [-0.25, -0.2) is 0 Å². The Labute approximate surface area is 164 Å². The summed E-state index contributed by atoms with van der Waals surface area (Å²) in [5, 5.41) is 0. The van der Waals surface area contributed by atoms with Crippen LogP contribution in [0.1, 0.15) is 58.3 Å². The normalized spacial score (nSPS) is 28.7. The van der Waals surface area contributed by atoms with Crippen LogP contribution in [0.15, 0.2) is 46.6 Å². The van der Waals surface area contributed by atoms with E-state index >= 15 is 0 Å². The molecule has 0 radical (unpaired) electrons. The summed E-state index contributed by atoms with van der Waals surface area (Å²) in [6, 6.07) is 0. The first kappa shape index (κ1) is 19.6. The molecule has 142 valence electrons. The fourth-order valence-electron chi connectivity index (χ4n) is 6.09. The maximum atomic E-state index is 8.15. The van der Waals surface area contributed by atoms with Gasteiger partial charge in [0.2, 0.25) is 0 Å². The molecule has 4 heteroatoms. The third-order valence-electron chi connectivity index (χ3n) is 7.41. The molecule has 0 aliphatic heterocycles. The summed E-state index contributed by atoms with van der Waals surface area (Å²) in [5.41, 5.74) is 5.78. The predicted molar refractivity (Wildman–Crippen MR) is 112 cm³/mol. The minimum atomic E-state index is -4.11. The molecular formula is C22H33ClOSiZr. The average Bonchev–Trinajstić information content (AvgIpc) is 3.27. The first-order valence-electron chi connectivity index (χ1n) is 10.6. The van der Waals surface area contributed by atoms with Crippen molar-refractivity contribution < 1.29 is 19.5 Å². The molecular weight excluding hydrogens is 435 g/mol. The van der Waals surface area contributed by atoms with E-state index < -0.39 is 22.1 Å². The Morgan fingerprint density at radius 1 is 0.923 bits per heavy atom. The maximum absolute atomic E-state index is 8.15. The molecule has 4 aliphatic rings. The fourth-order valence-corrected chi connectivity index (χ4v) is 36.4. The quantitative estimate of drug-likeness (QED) is 0.389. The van der Waals surface area contributed by atoms with Crippen molar-refractivity contribution in [3.63, 3.8) is 0 Å². The molecule has 2 unspecified atom stereocenters. The Morgan fingerprint density at radius 2 is 1.38 bits per heavy atom. The zero-order valence-corrected chi connectivity index (χ0v) is 20.8. The molecule has 0 saturated heterocycles. The first-order chi connectivity index (χ1) is 12.5. The van der Waals surface area contributed by atoms with Gasteiger partial charge in [0.15, 0.2) is 0 Å². The van der Waals surface area contributed by atoms with Gasteiger partial charge >= 0.3 is 165 Å². The summed E-state index contributed by atoms with van der Waals surface area (Å²) >= 11 is -4.11. The summed E-state index contributed by atoms with van der Waals surface area (Å²) in [7, 11) is 8.15. The summed E-state index contributed by atoms with van der Waals surface area (Å²) < 4.78 is 7.86. The number of allylic oxidation sites excluding steroid dienone is 8. The summed E-state index contributed by atoms with van der Waals surface area (Å²) in [6.45, 7) is 7.86. The van der Waals surface area contributed by atoms with E-state index in [9.17, 15) is 0 Å². The second kappa shape index (κ2) is 7.29. The second-order valence-corrected chi connectivity index (χ2v) is 40.4. The minimum absolute atomic E-state index is 0.431. The molecule has 0 saturated carbocycles. The van der Waals surface area contributed by atoms with Crippen molar-refractivity contribution in [3.05, 3.63) is 46.6 Å². The van der Waals surface area contributed by atoms with Crippen LogP contribution in [0.4, 0.5) is 0 Å². The van der Waals surface area contributed by atoms with Crippen LogP contribution in [0.25, 0.3) is 0 Å². The SMILES string of the molecule is CC[O][Zr]([Cl])([CH]1C=CC2=C1CCCC2)([CH]1C=CC2=C1CCCC2)=[Si](C)C. The molecule has 0 N–H and O–H groups in total. The van der Waals surface area contributed by atoms with Gasteiger partial charge in [0.1, 0.15) is 0 Å². The van der Waals surface area contributed by atoms with Crippen LogP contribution in [-0.2, 0) is 19.5 Å². The van der Waals surface area contributed by atoms with Crippen molar-refractivity contribution in [1.82, 2.24) is 0 Å². The Balaban J connectivity index is 1.92. The van der Waals surface area contributed by atoms with Gasteiger partial charge in [0.05, 0.1) is 0 Å². The molecule has 26 heavy (non-hydrogen) atoms. The summed E-state index contributed by atoms with van der Waals surface area (Å²) in [6.07, 6.45) is 20.2. The van der Waals surface area contributed by atoms with Gasteiger partial charge in [-0.2, -0.15) is 0 Å². The van der Waals surface area contributed by atoms with Crippen molar-refractivity contribution in [1.29, 1.82) is 0 Å². The monoisotopic (exact) mass is 466 g/mol. The third-order valence-corrected chi connectivity index (χ3v) is 48.8. The van der Waals surface area contributed by atoms with Crippen molar-refractivity contribution in [2.45, 2.75) is 78.6 Å². The third kappa shape index (κ3) is 2.75. The molecule has 0 fully saturated rings. The van der Waals surface area contributed by atoms with E-state index in [0.717, 1.165) is 6.61 Å². The van der Waals surface area contributed by atoms with Crippen LogP contribution < -0.4 is 0 Å². The topological polar surface area (TPSA) is 9.23 Å². The number of hydrogen-bond acceptors (Lipinski definition) is 1. The summed E-state index contributed by atoms with van der Waals surface area (Å²) in [5.74, 6) is 0. The molecule has 0 bridgehead atoms. The van der Waals surface area contributed by atoms with Gasteiger partial charge in [-0.05, 0) is 0 Å². The first-order valence-corrected chi connectivity index (χ1v) is 23.8. The number of halogens is 1. The van der Waals surface area contributed by atoms with Gasteiger partial charge in [0.25, 0.3) is 0 Å². The van der Waals surface area contributed by atoms with E-state index in [4.69, 9.17) is 11.3 Å². The predicted octanol–water partition coefficient (Wildman–Crippen LogP) is 7.49. The molecule has 0 aromatic carbocycles. The van der Waals surface area contributed by atoms with E-state index in [-0.39, 0.29) is 0 Å². The summed E-state index contributed by atoms with van der Waals surface area (Å²) in [4.78, 5) is 0. The van der Waals surface area contributed by atoms with Crippen LogP contribution in [-0.4, -0.2) is 12.0 Å². The molecule has 1 nitrogen and oxygen atoms in total. The molecule has 0 heterocycles.